The summed E-state index contributed by atoms with van der Waals surface area (Å²) in [6, 6.07) is 6.50. The van der Waals surface area contributed by atoms with Crippen LogP contribution in [0.4, 0.5) is 4.39 Å². The van der Waals surface area contributed by atoms with E-state index in [1.54, 1.807) is 12.1 Å². The number of carbonyl (C=O) groups excluding carboxylic acids is 1. The number of rotatable bonds is 5. The van der Waals surface area contributed by atoms with Gasteiger partial charge in [0.1, 0.15) is 16.5 Å². The number of piperidine rings is 1. The van der Waals surface area contributed by atoms with Crippen LogP contribution in [0.5, 0.6) is 0 Å². The molecule has 1 aliphatic rings. The summed E-state index contributed by atoms with van der Waals surface area (Å²) < 4.78 is 13.0. The summed E-state index contributed by atoms with van der Waals surface area (Å²) in [6.07, 6.45) is 2.91. The third-order valence-electron chi connectivity index (χ3n) is 4.29. The molecule has 0 aliphatic carbocycles. The van der Waals surface area contributed by atoms with Crippen molar-refractivity contribution < 1.29 is 9.18 Å². The van der Waals surface area contributed by atoms with E-state index < -0.39 is 0 Å². The molecule has 1 saturated heterocycles. The SMILES string of the molecule is CCCN(C(=O)c1csc(-c2ccc(F)cc2)n1)C1CCNCC1.Cl.Cl. The molecule has 0 atom stereocenters. The molecule has 2 heterocycles. The second kappa shape index (κ2) is 10.8. The Balaban J connectivity index is 0.00000169. The van der Waals surface area contributed by atoms with Gasteiger partial charge in [-0.15, -0.1) is 36.2 Å². The van der Waals surface area contributed by atoms with Crippen molar-refractivity contribution in [1.82, 2.24) is 15.2 Å². The average molecular weight is 420 g/mol. The quantitative estimate of drug-likeness (QED) is 0.780. The summed E-state index contributed by atoms with van der Waals surface area (Å²) in [5.74, 6) is -0.264. The zero-order valence-corrected chi connectivity index (χ0v) is 17.1. The molecule has 1 N–H and O–H groups in total. The summed E-state index contributed by atoms with van der Waals surface area (Å²) in [4.78, 5) is 19.4. The lowest BCUT2D eigenvalue weighted by Crippen LogP contribution is -2.46. The normalized spacial score (nSPS) is 14.2. The van der Waals surface area contributed by atoms with Crippen LogP contribution >= 0.6 is 36.2 Å². The topological polar surface area (TPSA) is 45.2 Å². The number of aromatic nitrogens is 1. The molecule has 26 heavy (non-hydrogen) atoms. The minimum absolute atomic E-state index is 0. The van der Waals surface area contributed by atoms with E-state index in [1.165, 1.54) is 23.5 Å². The minimum Gasteiger partial charge on any atom is -0.334 e. The fourth-order valence-electron chi connectivity index (χ4n) is 3.05. The number of hydrogen-bond acceptors (Lipinski definition) is 4. The molecular formula is C18H24Cl2FN3OS. The zero-order chi connectivity index (χ0) is 16.9. The zero-order valence-electron chi connectivity index (χ0n) is 14.6. The molecule has 0 unspecified atom stereocenters. The van der Waals surface area contributed by atoms with E-state index in [-0.39, 0.29) is 42.6 Å². The largest absolute Gasteiger partial charge is 0.334 e. The number of nitrogens with one attached hydrogen (secondary N) is 1. The standard InChI is InChI=1S/C18H22FN3OS.2ClH/c1-2-11-22(15-7-9-20-10-8-15)18(23)16-12-24-17(21-16)13-3-5-14(19)6-4-13;;/h3-6,12,15,20H,2,7-11H2,1H3;2*1H. The molecule has 0 spiro atoms. The highest BCUT2D eigenvalue weighted by atomic mass is 35.5. The van der Waals surface area contributed by atoms with Crippen LogP contribution in [0.25, 0.3) is 10.6 Å². The van der Waals surface area contributed by atoms with Gasteiger partial charge in [-0.2, -0.15) is 0 Å². The Hall–Kier alpha value is -1.21. The van der Waals surface area contributed by atoms with Crippen molar-refractivity contribution in [2.45, 2.75) is 32.2 Å². The van der Waals surface area contributed by atoms with E-state index in [0.717, 1.165) is 49.5 Å². The number of thiazole rings is 1. The van der Waals surface area contributed by atoms with Crippen molar-refractivity contribution >= 4 is 42.1 Å². The summed E-state index contributed by atoms with van der Waals surface area (Å²) >= 11 is 1.43. The van der Waals surface area contributed by atoms with E-state index in [0.29, 0.717) is 5.69 Å². The molecule has 144 valence electrons. The molecule has 1 aromatic heterocycles. The molecule has 1 aromatic carbocycles. The van der Waals surface area contributed by atoms with E-state index in [1.807, 2.05) is 10.3 Å². The van der Waals surface area contributed by atoms with E-state index >= 15 is 0 Å². The van der Waals surface area contributed by atoms with Crippen LogP contribution in [0.15, 0.2) is 29.6 Å². The number of amides is 1. The Kier molecular flexibility index (Phi) is 9.50. The molecule has 0 bridgehead atoms. The molecule has 0 radical (unpaired) electrons. The van der Waals surface area contributed by atoms with Gasteiger partial charge in [-0.1, -0.05) is 6.92 Å². The van der Waals surface area contributed by atoms with Crippen LogP contribution in [0, 0.1) is 5.82 Å². The second-order valence-electron chi connectivity index (χ2n) is 6.02. The van der Waals surface area contributed by atoms with Crippen molar-refractivity contribution in [3.8, 4) is 10.6 Å². The molecule has 2 aromatic rings. The minimum atomic E-state index is -0.272. The number of nitrogens with zero attached hydrogens (tertiary/aromatic N) is 2. The highest BCUT2D eigenvalue weighted by Crippen LogP contribution is 2.25. The lowest BCUT2D eigenvalue weighted by Gasteiger charge is -2.34. The Morgan fingerprint density at radius 1 is 1.27 bits per heavy atom. The van der Waals surface area contributed by atoms with E-state index in [4.69, 9.17) is 0 Å². The Bertz CT molecular complexity index is 690. The molecule has 1 fully saturated rings. The van der Waals surface area contributed by atoms with Gasteiger partial charge in [-0.05, 0) is 56.6 Å². The van der Waals surface area contributed by atoms with Gasteiger partial charge in [0.15, 0.2) is 0 Å². The van der Waals surface area contributed by atoms with Gasteiger partial charge in [0, 0.05) is 23.5 Å². The first-order chi connectivity index (χ1) is 11.7. The molecule has 1 amide bonds. The van der Waals surface area contributed by atoms with Gasteiger partial charge in [-0.3, -0.25) is 4.79 Å². The summed E-state index contributed by atoms with van der Waals surface area (Å²) in [6.45, 7) is 4.76. The molecule has 4 nitrogen and oxygen atoms in total. The maximum atomic E-state index is 13.0. The third-order valence-corrected chi connectivity index (χ3v) is 5.18. The second-order valence-corrected chi connectivity index (χ2v) is 6.88. The number of carbonyl (C=O) groups is 1. The molecule has 3 rings (SSSR count). The van der Waals surface area contributed by atoms with Crippen LogP contribution in [-0.2, 0) is 0 Å². The average Bonchev–Trinajstić information content (AvgIpc) is 3.10. The number of halogens is 3. The van der Waals surface area contributed by atoms with Crippen molar-refractivity contribution in [1.29, 1.82) is 0 Å². The van der Waals surface area contributed by atoms with Crippen LogP contribution in [0.1, 0.15) is 36.7 Å². The molecule has 8 heteroatoms. The monoisotopic (exact) mass is 419 g/mol. The number of benzene rings is 1. The summed E-state index contributed by atoms with van der Waals surface area (Å²) in [7, 11) is 0. The predicted octanol–water partition coefficient (Wildman–Crippen LogP) is 4.40. The van der Waals surface area contributed by atoms with Crippen molar-refractivity contribution in [3.05, 3.63) is 41.2 Å². The van der Waals surface area contributed by atoms with Crippen LogP contribution in [0.2, 0.25) is 0 Å². The first-order valence-corrected chi connectivity index (χ1v) is 9.30. The van der Waals surface area contributed by atoms with Gasteiger partial charge in [0.25, 0.3) is 5.91 Å². The van der Waals surface area contributed by atoms with Gasteiger partial charge < -0.3 is 10.2 Å². The van der Waals surface area contributed by atoms with Crippen molar-refractivity contribution in [2.75, 3.05) is 19.6 Å². The Morgan fingerprint density at radius 2 is 1.92 bits per heavy atom. The first kappa shape index (κ1) is 22.8. The third kappa shape index (κ3) is 5.39. The highest BCUT2D eigenvalue weighted by molar-refractivity contribution is 7.13. The van der Waals surface area contributed by atoms with Gasteiger partial charge in [0.2, 0.25) is 0 Å². The molecule has 0 saturated carbocycles. The van der Waals surface area contributed by atoms with Gasteiger partial charge in [-0.25, -0.2) is 9.37 Å². The Morgan fingerprint density at radius 3 is 2.54 bits per heavy atom. The predicted molar refractivity (Wildman–Crippen MR) is 109 cm³/mol. The van der Waals surface area contributed by atoms with E-state index in [2.05, 4.69) is 17.2 Å². The van der Waals surface area contributed by atoms with Crippen molar-refractivity contribution in [2.24, 2.45) is 0 Å². The van der Waals surface area contributed by atoms with E-state index in [9.17, 15) is 9.18 Å². The molecular weight excluding hydrogens is 396 g/mol. The maximum Gasteiger partial charge on any atom is 0.273 e. The van der Waals surface area contributed by atoms with Crippen LogP contribution in [0.3, 0.4) is 0 Å². The number of hydrogen-bond donors (Lipinski definition) is 1. The highest BCUT2D eigenvalue weighted by Gasteiger charge is 2.27. The van der Waals surface area contributed by atoms with Crippen LogP contribution in [-0.4, -0.2) is 41.5 Å². The first-order valence-electron chi connectivity index (χ1n) is 8.42. The van der Waals surface area contributed by atoms with Crippen molar-refractivity contribution in [3.63, 3.8) is 0 Å². The maximum absolute atomic E-state index is 13.0. The summed E-state index contributed by atoms with van der Waals surface area (Å²) in [5.41, 5.74) is 1.33. The fourth-order valence-corrected chi connectivity index (χ4v) is 3.85. The lowest BCUT2D eigenvalue weighted by atomic mass is 10.0. The summed E-state index contributed by atoms with van der Waals surface area (Å²) in [5, 5.41) is 5.90. The molecule has 1 aliphatic heterocycles. The lowest BCUT2D eigenvalue weighted by molar-refractivity contribution is 0.0637. The smallest absolute Gasteiger partial charge is 0.273 e. The van der Waals surface area contributed by atoms with Gasteiger partial charge in [0.05, 0.1) is 0 Å². The Labute approximate surface area is 170 Å². The van der Waals surface area contributed by atoms with Gasteiger partial charge >= 0.3 is 0 Å². The van der Waals surface area contributed by atoms with Crippen LogP contribution < -0.4 is 5.32 Å². The fraction of sp³-hybridized carbons (Fsp3) is 0.444.